The van der Waals surface area contributed by atoms with Crippen molar-refractivity contribution in [2.24, 2.45) is 5.92 Å². The maximum atomic E-state index is 11.3. The quantitative estimate of drug-likeness (QED) is 0.716. The van der Waals surface area contributed by atoms with E-state index >= 15 is 0 Å². The summed E-state index contributed by atoms with van der Waals surface area (Å²) in [6.45, 7) is 8.05. The summed E-state index contributed by atoms with van der Waals surface area (Å²) in [7, 11) is 1.70. The number of likely N-dealkylation sites (tertiary alicyclic amines) is 1. The summed E-state index contributed by atoms with van der Waals surface area (Å²) >= 11 is 0. The lowest BCUT2D eigenvalue weighted by Crippen LogP contribution is -2.51. The van der Waals surface area contributed by atoms with E-state index in [1.165, 1.54) is 6.42 Å². The summed E-state index contributed by atoms with van der Waals surface area (Å²) in [5.41, 5.74) is 0. The van der Waals surface area contributed by atoms with E-state index in [2.05, 4.69) is 29.4 Å². The fraction of sp³-hybridized carbons (Fsp3) is 0.917. The number of rotatable bonds is 5. The Morgan fingerprint density at radius 3 is 2.75 bits per heavy atom. The highest BCUT2D eigenvalue weighted by Crippen LogP contribution is 2.19. The number of hydrogen-bond acceptors (Lipinski definition) is 3. The van der Waals surface area contributed by atoms with Crippen LogP contribution in [0.15, 0.2) is 0 Å². The van der Waals surface area contributed by atoms with E-state index < -0.39 is 0 Å². The predicted octanol–water partition coefficient (Wildman–Crippen LogP) is 0.442. The molecule has 2 atom stereocenters. The minimum atomic E-state index is 0.122. The van der Waals surface area contributed by atoms with Crippen LogP contribution in [0.4, 0.5) is 0 Å². The Bertz CT molecular complexity index is 220. The van der Waals surface area contributed by atoms with Gasteiger partial charge in [0.25, 0.3) is 0 Å². The topological polar surface area (TPSA) is 44.4 Å². The standard InChI is InChI=1S/C12H25N3O/c1-4-10-8-15(9-12(16)13-3)7-6-11(10)14-5-2/h10-11,14H,4-9H2,1-3H3,(H,13,16). The molecular formula is C12H25N3O. The van der Waals surface area contributed by atoms with Crippen molar-refractivity contribution in [3.05, 3.63) is 0 Å². The Kier molecular flexibility index (Phi) is 5.77. The van der Waals surface area contributed by atoms with Crippen molar-refractivity contribution in [2.45, 2.75) is 32.7 Å². The van der Waals surface area contributed by atoms with Gasteiger partial charge in [0.15, 0.2) is 0 Å². The number of piperidine rings is 1. The third-order valence-electron chi connectivity index (χ3n) is 3.45. The molecule has 0 aliphatic carbocycles. The molecule has 1 aliphatic rings. The monoisotopic (exact) mass is 227 g/mol. The van der Waals surface area contributed by atoms with Crippen LogP contribution in [0.1, 0.15) is 26.7 Å². The number of nitrogens with zero attached hydrogens (tertiary/aromatic N) is 1. The zero-order chi connectivity index (χ0) is 12.0. The first-order valence-electron chi connectivity index (χ1n) is 6.37. The van der Waals surface area contributed by atoms with Crippen LogP contribution in [0, 0.1) is 5.92 Å². The van der Waals surface area contributed by atoms with E-state index in [-0.39, 0.29) is 5.91 Å². The first-order chi connectivity index (χ1) is 7.71. The van der Waals surface area contributed by atoms with Crippen molar-refractivity contribution < 1.29 is 4.79 Å². The lowest BCUT2D eigenvalue weighted by atomic mass is 9.90. The minimum Gasteiger partial charge on any atom is -0.358 e. The van der Waals surface area contributed by atoms with Crippen molar-refractivity contribution in [3.8, 4) is 0 Å². The number of amides is 1. The van der Waals surface area contributed by atoms with Gasteiger partial charge in [-0.2, -0.15) is 0 Å². The van der Waals surface area contributed by atoms with Gasteiger partial charge >= 0.3 is 0 Å². The first-order valence-corrected chi connectivity index (χ1v) is 6.37. The van der Waals surface area contributed by atoms with Gasteiger partial charge in [0, 0.05) is 26.2 Å². The largest absolute Gasteiger partial charge is 0.358 e. The Balaban J connectivity index is 2.42. The number of nitrogens with one attached hydrogen (secondary N) is 2. The molecule has 0 radical (unpaired) electrons. The van der Waals surface area contributed by atoms with Gasteiger partial charge in [0.05, 0.1) is 6.54 Å². The van der Waals surface area contributed by atoms with E-state index in [1.54, 1.807) is 7.05 Å². The zero-order valence-electron chi connectivity index (χ0n) is 10.8. The number of carbonyl (C=O) groups excluding carboxylic acids is 1. The Morgan fingerprint density at radius 1 is 1.44 bits per heavy atom. The fourth-order valence-electron chi connectivity index (χ4n) is 2.48. The predicted molar refractivity (Wildman–Crippen MR) is 66.4 cm³/mol. The molecule has 1 aliphatic heterocycles. The van der Waals surface area contributed by atoms with Crippen LogP contribution in [0.3, 0.4) is 0 Å². The van der Waals surface area contributed by atoms with Crippen molar-refractivity contribution in [2.75, 3.05) is 33.2 Å². The molecule has 2 N–H and O–H groups in total. The Morgan fingerprint density at radius 2 is 2.19 bits per heavy atom. The van der Waals surface area contributed by atoms with E-state index in [1.807, 2.05) is 0 Å². The van der Waals surface area contributed by atoms with Crippen LogP contribution in [-0.2, 0) is 4.79 Å². The molecule has 2 unspecified atom stereocenters. The Labute approximate surface area is 98.8 Å². The molecular weight excluding hydrogens is 202 g/mol. The highest BCUT2D eigenvalue weighted by molar-refractivity contribution is 5.77. The molecule has 0 bridgehead atoms. The molecule has 0 aromatic rings. The lowest BCUT2D eigenvalue weighted by Gasteiger charge is -2.38. The van der Waals surface area contributed by atoms with Gasteiger partial charge in [-0.25, -0.2) is 0 Å². The maximum absolute atomic E-state index is 11.3. The highest BCUT2D eigenvalue weighted by atomic mass is 16.1. The molecule has 0 spiro atoms. The third-order valence-corrected chi connectivity index (χ3v) is 3.45. The number of carbonyl (C=O) groups is 1. The van der Waals surface area contributed by atoms with Crippen LogP contribution in [0.5, 0.6) is 0 Å². The van der Waals surface area contributed by atoms with Crippen LogP contribution in [0.25, 0.3) is 0 Å². The van der Waals surface area contributed by atoms with Crippen molar-refractivity contribution in [3.63, 3.8) is 0 Å². The molecule has 1 heterocycles. The second-order valence-electron chi connectivity index (χ2n) is 4.53. The van der Waals surface area contributed by atoms with Crippen LogP contribution >= 0.6 is 0 Å². The van der Waals surface area contributed by atoms with Crippen LogP contribution in [-0.4, -0.2) is 50.1 Å². The molecule has 4 heteroatoms. The normalized spacial score (nSPS) is 26.7. The van der Waals surface area contributed by atoms with Crippen LogP contribution in [0.2, 0.25) is 0 Å². The van der Waals surface area contributed by atoms with Gasteiger partial charge in [0.2, 0.25) is 5.91 Å². The molecule has 0 aromatic heterocycles. The van der Waals surface area contributed by atoms with E-state index in [9.17, 15) is 4.79 Å². The molecule has 1 fully saturated rings. The van der Waals surface area contributed by atoms with Gasteiger partial charge in [-0.15, -0.1) is 0 Å². The maximum Gasteiger partial charge on any atom is 0.233 e. The molecule has 1 saturated heterocycles. The lowest BCUT2D eigenvalue weighted by molar-refractivity contribution is -0.122. The molecule has 0 saturated carbocycles. The average molecular weight is 227 g/mol. The Hall–Kier alpha value is -0.610. The third kappa shape index (κ3) is 3.76. The van der Waals surface area contributed by atoms with Crippen molar-refractivity contribution >= 4 is 5.91 Å². The zero-order valence-corrected chi connectivity index (χ0v) is 10.8. The second kappa shape index (κ2) is 6.86. The summed E-state index contributed by atoms with van der Waals surface area (Å²) in [5, 5.41) is 6.23. The summed E-state index contributed by atoms with van der Waals surface area (Å²) in [6.07, 6.45) is 2.34. The summed E-state index contributed by atoms with van der Waals surface area (Å²) < 4.78 is 0. The van der Waals surface area contributed by atoms with Gasteiger partial charge in [-0.1, -0.05) is 20.3 Å². The SMILES string of the molecule is CCNC1CCN(CC(=O)NC)CC1CC. The number of likely N-dealkylation sites (N-methyl/N-ethyl adjacent to an activating group) is 1. The van der Waals surface area contributed by atoms with Crippen molar-refractivity contribution in [1.29, 1.82) is 0 Å². The van der Waals surface area contributed by atoms with E-state index in [0.717, 1.165) is 26.1 Å². The summed E-state index contributed by atoms with van der Waals surface area (Å²) in [4.78, 5) is 13.6. The second-order valence-corrected chi connectivity index (χ2v) is 4.53. The van der Waals surface area contributed by atoms with Crippen molar-refractivity contribution in [1.82, 2.24) is 15.5 Å². The molecule has 16 heavy (non-hydrogen) atoms. The molecule has 94 valence electrons. The van der Waals surface area contributed by atoms with Gasteiger partial charge in [0.1, 0.15) is 0 Å². The minimum absolute atomic E-state index is 0.122. The highest BCUT2D eigenvalue weighted by Gasteiger charge is 2.27. The number of hydrogen-bond donors (Lipinski definition) is 2. The molecule has 4 nitrogen and oxygen atoms in total. The van der Waals surface area contributed by atoms with E-state index in [0.29, 0.717) is 18.5 Å². The van der Waals surface area contributed by atoms with Gasteiger partial charge < -0.3 is 10.6 Å². The molecule has 0 aromatic carbocycles. The average Bonchev–Trinajstić information content (AvgIpc) is 2.31. The summed E-state index contributed by atoms with van der Waals surface area (Å²) in [6, 6.07) is 0.635. The smallest absolute Gasteiger partial charge is 0.233 e. The summed E-state index contributed by atoms with van der Waals surface area (Å²) in [5.74, 6) is 0.801. The molecule has 1 rings (SSSR count). The van der Waals surface area contributed by atoms with E-state index in [4.69, 9.17) is 0 Å². The first kappa shape index (κ1) is 13.5. The molecule has 1 amide bonds. The van der Waals surface area contributed by atoms with Gasteiger partial charge in [-0.05, 0) is 18.9 Å². The van der Waals surface area contributed by atoms with Gasteiger partial charge in [-0.3, -0.25) is 9.69 Å². The fourth-order valence-corrected chi connectivity index (χ4v) is 2.48. The van der Waals surface area contributed by atoms with Crippen LogP contribution < -0.4 is 10.6 Å².